The Labute approximate surface area is 174 Å². The van der Waals surface area contributed by atoms with Crippen molar-refractivity contribution in [3.05, 3.63) is 63.5 Å². The Hall–Kier alpha value is -3.48. The average Bonchev–Trinajstić information content (AvgIpc) is 2.76. The van der Waals surface area contributed by atoms with Crippen molar-refractivity contribution in [3.8, 4) is 17.2 Å². The molecule has 7 heteroatoms. The number of hydrogen-bond donors (Lipinski definition) is 1. The van der Waals surface area contributed by atoms with Crippen molar-refractivity contribution in [3.63, 3.8) is 0 Å². The number of aryl methyl sites for hydroxylation is 1. The SMILES string of the molecule is COc1cccc(CCNC(=O)Cc2c(C)c3ccc(OC)c(OC)c3oc2=O)c1. The molecule has 0 fully saturated rings. The molecule has 0 saturated heterocycles. The van der Waals surface area contributed by atoms with Crippen molar-refractivity contribution in [2.24, 2.45) is 0 Å². The zero-order chi connectivity index (χ0) is 21.7. The fourth-order valence-electron chi connectivity index (χ4n) is 3.37. The smallest absolute Gasteiger partial charge is 0.340 e. The van der Waals surface area contributed by atoms with E-state index in [2.05, 4.69) is 5.32 Å². The number of methoxy groups -OCH3 is 3. The normalized spacial score (nSPS) is 10.7. The molecule has 0 bridgehead atoms. The van der Waals surface area contributed by atoms with Gasteiger partial charge in [0.05, 0.1) is 33.3 Å². The average molecular weight is 411 g/mol. The Bertz CT molecular complexity index is 1120. The van der Waals surface area contributed by atoms with Gasteiger partial charge in [0.2, 0.25) is 11.7 Å². The fraction of sp³-hybridized carbons (Fsp3) is 0.304. The van der Waals surface area contributed by atoms with E-state index in [0.717, 1.165) is 11.3 Å². The van der Waals surface area contributed by atoms with Gasteiger partial charge in [0.15, 0.2) is 11.3 Å². The van der Waals surface area contributed by atoms with E-state index in [1.165, 1.54) is 14.2 Å². The van der Waals surface area contributed by atoms with Gasteiger partial charge in [0.25, 0.3) is 0 Å². The summed E-state index contributed by atoms with van der Waals surface area (Å²) in [5.41, 5.74) is 1.81. The van der Waals surface area contributed by atoms with Crippen LogP contribution in [-0.4, -0.2) is 33.8 Å². The van der Waals surface area contributed by atoms with Crippen LogP contribution in [0.4, 0.5) is 0 Å². The summed E-state index contributed by atoms with van der Waals surface area (Å²) in [4.78, 5) is 25.0. The first-order valence-electron chi connectivity index (χ1n) is 9.55. The highest BCUT2D eigenvalue weighted by Crippen LogP contribution is 2.36. The summed E-state index contributed by atoms with van der Waals surface area (Å²) in [5, 5.41) is 3.56. The zero-order valence-corrected chi connectivity index (χ0v) is 17.5. The summed E-state index contributed by atoms with van der Waals surface area (Å²) in [6.45, 7) is 2.25. The molecular weight excluding hydrogens is 386 g/mol. The number of fused-ring (bicyclic) bond motifs is 1. The van der Waals surface area contributed by atoms with E-state index in [1.54, 1.807) is 26.2 Å². The first-order chi connectivity index (χ1) is 14.5. The van der Waals surface area contributed by atoms with Crippen molar-refractivity contribution in [1.29, 1.82) is 0 Å². The largest absolute Gasteiger partial charge is 0.497 e. The van der Waals surface area contributed by atoms with Gasteiger partial charge in [-0.15, -0.1) is 0 Å². The molecule has 30 heavy (non-hydrogen) atoms. The lowest BCUT2D eigenvalue weighted by Gasteiger charge is -2.13. The number of benzene rings is 2. The molecule has 3 rings (SSSR count). The summed E-state index contributed by atoms with van der Waals surface area (Å²) < 4.78 is 21.3. The van der Waals surface area contributed by atoms with Crippen LogP contribution in [0.2, 0.25) is 0 Å². The maximum absolute atomic E-state index is 12.6. The Morgan fingerprint density at radius 2 is 1.87 bits per heavy atom. The third kappa shape index (κ3) is 4.40. The Morgan fingerprint density at radius 1 is 1.07 bits per heavy atom. The minimum Gasteiger partial charge on any atom is -0.497 e. The first kappa shape index (κ1) is 21.2. The summed E-state index contributed by atoms with van der Waals surface area (Å²) in [6.07, 6.45) is 0.599. The van der Waals surface area contributed by atoms with E-state index >= 15 is 0 Å². The molecule has 158 valence electrons. The van der Waals surface area contributed by atoms with Crippen molar-refractivity contribution in [2.45, 2.75) is 19.8 Å². The van der Waals surface area contributed by atoms with Crippen LogP contribution in [0, 0.1) is 6.92 Å². The Balaban J connectivity index is 1.75. The van der Waals surface area contributed by atoms with Crippen molar-refractivity contribution < 1.29 is 23.4 Å². The highest BCUT2D eigenvalue weighted by atomic mass is 16.5. The van der Waals surface area contributed by atoms with Crippen LogP contribution in [0.15, 0.2) is 45.6 Å². The molecule has 2 aromatic carbocycles. The maximum atomic E-state index is 12.6. The van der Waals surface area contributed by atoms with E-state index in [1.807, 2.05) is 24.3 Å². The Kier molecular flexibility index (Phi) is 6.61. The van der Waals surface area contributed by atoms with Crippen LogP contribution in [-0.2, 0) is 17.6 Å². The molecule has 7 nitrogen and oxygen atoms in total. The first-order valence-corrected chi connectivity index (χ1v) is 9.55. The number of carbonyl (C=O) groups excluding carboxylic acids is 1. The van der Waals surface area contributed by atoms with E-state index < -0.39 is 5.63 Å². The van der Waals surface area contributed by atoms with Crippen LogP contribution in [0.5, 0.6) is 17.2 Å². The summed E-state index contributed by atoms with van der Waals surface area (Å²) in [6, 6.07) is 11.2. The van der Waals surface area contributed by atoms with Crippen LogP contribution in [0.25, 0.3) is 11.0 Å². The predicted molar refractivity (Wildman–Crippen MR) is 114 cm³/mol. The van der Waals surface area contributed by atoms with E-state index in [0.29, 0.717) is 46.6 Å². The molecule has 1 amide bonds. The molecule has 0 atom stereocenters. The maximum Gasteiger partial charge on any atom is 0.340 e. The summed E-state index contributed by atoms with van der Waals surface area (Å²) >= 11 is 0. The number of rotatable bonds is 8. The minimum absolute atomic E-state index is 0.0590. The number of nitrogens with one attached hydrogen (secondary N) is 1. The minimum atomic E-state index is -0.561. The van der Waals surface area contributed by atoms with E-state index in [9.17, 15) is 9.59 Å². The van der Waals surface area contributed by atoms with E-state index in [-0.39, 0.29) is 12.3 Å². The van der Waals surface area contributed by atoms with Gasteiger partial charge in [-0.3, -0.25) is 4.79 Å². The van der Waals surface area contributed by atoms with Crippen LogP contribution in [0.1, 0.15) is 16.7 Å². The molecular formula is C23H25NO6. The van der Waals surface area contributed by atoms with Gasteiger partial charge in [-0.1, -0.05) is 12.1 Å². The van der Waals surface area contributed by atoms with Crippen molar-refractivity contribution in [2.75, 3.05) is 27.9 Å². The van der Waals surface area contributed by atoms with E-state index in [4.69, 9.17) is 18.6 Å². The predicted octanol–water partition coefficient (Wildman–Crippen LogP) is 3.03. The topological polar surface area (TPSA) is 87.0 Å². The van der Waals surface area contributed by atoms with Gasteiger partial charge < -0.3 is 23.9 Å². The quantitative estimate of drug-likeness (QED) is 0.574. The van der Waals surface area contributed by atoms with Gasteiger partial charge in [-0.2, -0.15) is 0 Å². The molecule has 1 heterocycles. The number of amides is 1. The Morgan fingerprint density at radius 3 is 2.57 bits per heavy atom. The van der Waals surface area contributed by atoms with Crippen molar-refractivity contribution in [1.82, 2.24) is 5.32 Å². The highest BCUT2D eigenvalue weighted by molar-refractivity contribution is 5.89. The third-order valence-corrected chi connectivity index (χ3v) is 5.01. The molecule has 0 spiro atoms. The monoisotopic (exact) mass is 411 g/mol. The second kappa shape index (κ2) is 9.35. The van der Waals surface area contributed by atoms with Crippen LogP contribution >= 0.6 is 0 Å². The zero-order valence-electron chi connectivity index (χ0n) is 17.5. The molecule has 0 unspecified atom stereocenters. The molecule has 0 aliphatic carbocycles. The highest BCUT2D eigenvalue weighted by Gasteiger charge is 2.19. The van der Waals surface area contributed by atoms with Crippen LogP contribution in [0.3, 0.4) is 0 Å². The second-order valence-corrected chi connectivity index (χ2v) is 6.80. The van der Waals surface area contributed by atoms with Gasteiger partial charge in [-0.05, 0) is 48.7 Å². The molecule has 1 N–H and O–H groups in total. The van der Waals surface area contributed by atoms with Crippen molar-refractivity contribution >= 4 is 16.9 Å². The van der Waals surface area contributed by atoms with Gasteiger partial charge >= 0.3 is 5.63 Å². The summed E-state index contributed by atoms with van der Waals surface area (Å²) in [7, 11) is 4.61. The molecule has 1 aromatic heterocycles. The van der Waals surface area contributed by atoms with Gasteiger partial charge in [0, 0.05) is 11.9 Å². The molecule has 0 radical (unpaired) electrons. The summed E-state index contributed by atoms with van der Waals surface area (Å²) in [5.74, 6) is 1.35. The molecule has 0 aliphatic rings. The second-order valence-electron chi connectivity index (χ2n) is 6.80. The molecule has 3 aromatic rings. The lowest BCUT2D eigenvalue weighted by atomic mass is 10.0. The number of hydrogen-bond acceptors (Lipinski definition) is 6. The molecule has 0 aliphatic heterocycles. The molecule has 0 saturated carbocycles. The lowest BCUT2D eigenvalue weighted by molar-refractivity contribution is -0.120. The standard InChI is InChI=1S/C23H25NO6/c1-14-17-8-9-19(28-3)22(29-4)21(17)30-23(26)18(14)13-20(25)24-11-10-15-6-5-7-16(12-15)27-2/h5-9,12H,10-11,13H2,1-4H3,(H,24,25). The third-order valence-electron chi connectivity index (χ3n) is 5.01. The lowest BCUT2D eigenvalue weighted by Crippen LogP contribution is -2.29. The van der Waals surface area contributed by atoms with Gasteiger partial charge in [0.1, 0.15) is 5.75 Å². The van der Waals surface area contributed by atoms with Crippen LogP contribution < -0.4 is 25.2 Å². The number of ether oxygens (including phenoxy) is 3. The van der Waals surface area contributed by atoms with Gasteiger partial charge in [-0.25, -0.2) is 4.79 Å². The fourth-order valence-corrected chi connectivity index (χ4v) is 3.37. The number of carbonyl (C=O) groups is 1.